The van der Waals surface area contributed by atoms with E-state index in [9.17, 15) is 8.42 Å². The van der Waals surface area contributed by atoms with E-state index in [1.807, 2.05) is 0 Å². The van der Waals surface area contributed by atoms with E-state index < -0.39 is 10.0 Å². The van der Waals surface area contributed by atoms with Crippen molar-refractivity contribution in [2.24, 2.45) is 0 Å². The van der Waals surface area contributed by atoms with E-state index in [0.717, 1.165) is 25.9 Å². The molecule has 0 radical (unpaired) electrons. The summed E-state index contributed by atoms with van der Waals surface area (Å²) >= 11 is 5.82. The molecule has 5 nitrogen and oxygen atoms in total. The van der Waals surface area contributed by atoms with Gasteiger partial charge < -0.3 is 10.6 Å². The minimum absolute atomic E-state index is 0.00979. The number of sulfonamides is 1. The molecule has 2 unspecified atom stereocenters. The first-order valence-corrected chi connectivity index (χ1v) is 9.13. The SMILES string of the molecule is Nc1cc(Cl)ccc1S(=O)(=O)NC1CCN2CCCC2C1. The third-order valence-electron chi connectivity index (χ3n) is 4.40. The zero-order valence-electron chi connectivity index (χ0n) is 11.8. The molecule has 0 aliphatic carbocycles. The van der Waals surface area contributed by atoms with Crippen LogP contribution in [0.2, 0.25) is 5.02 Å². The number of nitrogens with zero attached hydrogens (tertiary/aromatic N) is 1. The van der Waals surface area contributed by atoms with Gasteiger partial charge in [0.05, 0.1) is 5.69 Å². The second kappa shape index (κ2) is 5.76. The van der Waals surface area contributed by atoms with Gasteiger partial charge in [-0.05, 0) is 57.0 Å². The summed E-state index contributed by atoms with van der Waals surface area (Å²) in [6, 6.07) is 4.99. The van der Waals surface area contributed by atoms with Crippen LogP contribution in [0.15, 0.2) is 23.1 Å². The van der Waals surface area contributed by atoms with Crippen molar-refractivity contribution in [3.05, 3.63) is 23.2 Å². The van der Waals surface area contributed by atoms with Gasteiger partial charge in [-0.25, -0.2) is 13.1 Å². The maximum Gasteiger partial charge on any atom is 0.242 e. The number of nitrogens with one attached hydrogen (secondary N) is 1. The zero-order valence-corrected chi connectivity index (χ0v) is 13.3. The molecule has 1 aromatic rings. The van der Waals surface area contributed by atoms with Gasteiger partial charge in [-0.1, -0.05) is 11.6 Å². The van der Waals surface area contributed by atoms with Crippen molar-refractivity contribution >= 4 is 27.3 Å². The first-order valence-electron chi connectivity index (χ1n) is 7.27. The molecule has 0 aromatic heterocycles. The van der Waals surface area contributed by atoms with Crippen molar-refractivity contribution in [2.75, 3.05) is 18.8 Å². The minimum Gasteiger partial charge on any atom is -0.398 e. The highest BCUT2D eigenvalue weighted by Gasteiger charge is 2.33. The standard InChI is InChI=1S/C14H20ClN3O2S/c15-10-3-4-14(13(16)8-10)21(19,20)17-11-5-7-18-6-1-2-12(18)9-11/h3-4,8,11-12,17H,1-2,5-7,9,16H2. The molecule has 2 saturated heterocycles. The Hall–Kier alpha value is -0.820. The van der Waals surface area contributed by atoms with Crippen LogP contribution < -0.4 is 10.5 Å². The Balaban J connectivity index is 1.74. The molecule has 2 fully saturated rings. The predicted octanol–water partition coefficient (Wildman–Crippen LogP) is 1.83. The number of rotatable bonds is 3. The van der Waals surface area contributed by atoms with Crippen molar-refractivity contribution in [3.63, 3.8) is 0 Å². The number of nitrogens with two attached hydrogens (primary N) is 1. The first-order chi connectivity index (χ1) is 9.95. The molecule has 3 N–H and O–H groups in total. The summed E-state index contributed by atoms with van der Waals surface area (Å²) in [4.78, 5) is 2.57. The van der Waals surface area contributed by atoms with Gasteiger partial charge in [-0.3, -0.25) is 0 Å². The molecule has 0 saturated carbocycles. The molecular weight excluding hydrogens is 310 g/mol. The molecule has 116 valence electrons. The van der Waals surface area contributed by atoms with Crippen LogP contribution in [0, 0.1) is 0 Å². The number of anilines is 1. The molecule has 3 rings (SSSR count). The molecule has 0 amide bonds. The molecular formula is C14H20ClN3O2S. The first kappa shape index (κ1) is 15.1. The molecule has 2 aliphatic rings. The number of nitrogen functional groups attached to an aromatic ring is 1. The average molecular weight is 330 g/mol. The van der Waals surface area contributed by atoms with Crippen LogP contribution >= 0.6 is 11.6 Å². The second-order valence-corrected chi connectivity index (χ2v) is 7.98. The van der Waals surface area contributed by atoms with Crippen LogP contribution in [0.5, 0.6) is 0 Å². The van der Waals surface area contributed by atoms with Crippen LogP contribution in [-0.4, -0.2) is 38.5 Å². The number of benzene rings is 1. The Morgan fingerprint density at radius 2 is 2.10 bits per heavy atom. The molecule has 2 heterocycles. The molecule has 21 heavy (non-hydrogen) atoms. The fourth-order valence-corrected chi connectivity index (χ4v) is 4.96. The summed E-state index contributed by atoms with van der Waals surface area (Å²) in [6.07, 6.45) is 4.12. The van der Waals surface area contributed by atoms with Crippen LogP contribution in [0.25, 0.3) is 0 Å². The summed E-state index contributed by atoms with van der Waals surface area (Å²) in [5, 5.41) is 0.436. The second-order valence-electron chi connectivity index (χ2n) is 5.86. The van der Waals surface area contributed by atoms with E-state index in [-0.39, 0.29) is 16.6 Å². The number of hydrogen-bond donors (Lipinski definition) is 2. The molecule has 1 aromatic carbocycles. The smallest absolute Gasteiger partial charge is 0.242 e. The van der Waals surface area contributed by atoms with E-state index in [1.54, 1.807) is 6.07 Å². The summed E-state index contributed by atoms with van der Waals surface area (Å²) < 4.78 is 27.8. The van der Waals surface area contributed by atoms with Gasteiger partial charge in [0.15, 0.2) is 0 Å². The summed E-state index contributed by atoms with van der Waals surface area (Å²) in [5.41, 5.74) is 5.97. The van der Waals surface area contributed by atoms with Crippen molar-refractivity contribution in [1.82, 2.24) is 9.62 Å². The number of fused-ring (bicyclic) bond motifs is 1. The highest BCUT2D eigenvalue weighted by molar-refractivity contribution is 7.89. The highest BCUT2D eigenvalue weighted by atomic mass is 35.5. The molecule has 2 aliphatic heterocycles. The normalized spacial score (nSPS) is 26.7. The molecule has 7 heteroatoms. The van der Waals surface area contributed by atoms with E-state index in [4.69, 9.17) is 17.3 Å². The van der Waals surface area contributed by atoms with E-state index in [0.29, 0.717) is 11.1 Å². The van der Waals surface area contributed by atoms with Gasteiger partial charge >= 0.3 is 0 Å². The van der Waals surface area contributed by atoms with Gasteiger partial charge in [0.1, 0.15) is 4.90 Å². The lowest BCUT2D eigenvalue weighted by atomic mass is 9.99. The van der Waals surface area contributed by atoms with Gasteiger partial charge in [0, 0.05) is 17.1 Å². The monoisotopic (exact) mass is 329 g/mol. The van der Waals surface area contributed by atoms with E-state index in [2.05, 4.69) is 9.62 Å². The van der Waals surface area contributed by atoms with Gasteiger partial charge in [-0.2, -0.15) is 0 Å². The third kappa shape index (κ3) is 3.18. The largest absolute Gasteiger partial charge is 0.398 e. The maximum atomic E-state index is 12.5. The van der Waals surface area contributed by atoms with Crippen molar-refractivity contribution in [2.45, 2.75) is 42.7 Å². The fourth-order valence-electron chi connectivity index (χ4n) is 3.38. The Labute approximate surface area is 130 Å². The minimum atomic E-state index is -3.59. The highest BCUT2D eigenvalue weighted by Crippen LogP contribution is 2.28. The number of hydrogen-bond acceptors (Lipinski definition) is 4. The van der Waals surface area contributed by atoms with Crippen molar-refractivity contribution in [3.8, 4) is 0 Å². The molecule has 0 spiro atoms. The predicted molar refractivity (Wildman–Crippen MR) is 83.8 cm³/mol. The number of piperidine rings is 1. The van der Waals surface area contributed by atoms with E-state index >= 15 is 0 Å². The Kier molecular flexibility index (Phi) is 4.14. The quantitative estimate of drug-likeness (QED) is 0.830. The topological polar surface area (TPSA) is 75.4 Å². The zero-order chi connectivity index (χ0) is 15.0. The lowest BCUT2D eigenvalue weighted by Crippen LogP contribution is -2.47. The van der Waals surface area contributed by atoms with E-state index in [1.165, 1.54) is 25.0 Å². The van der Waals surface area contributed by atoms with Gasteiger partial charge in [0.25, 0.3) is 0 Å². The third-order valence-corrected chi connectivity index (χ3v) is 6.23. The van der Waals surface area contributed by atoms with Crippen LogP contribution in [0.3, 0.4) is 0 Å². The molecule has 0 bridgehead atoms. The maximum absolute atomic E-state index is 12.5. The lowest BCUT2D eigenvalue weighted by molar-refractivity contribution is 0.176. The van der Waals surface area contributed by atoms with Crippen LogP contribution in [0.1, 0.15) is 25.7 Å². The van der Waals surface area contributed by atoms with Gasteiger partial charge in [-0.15, -0.1) is 0 Å². The summed E-state index contributed by atoms with van der Waals surface area (Å²) in [6.45, 7) is 2.11. The number of halogens is 1. The lowest BCUT2D eigenvalue weighted by Gasteiger charge is -2.35. The summed E-state index contributed by atoms with van der Waals surface area (Å²) in [5.74, 6) is 0. The molecule has 2 atom stereocenters. The van der Waals surface area contributed by atoms with Crippen LogP contribution in [0.4, 0.5) is 5.69 Å². The Morgan fingerprint density at radius 1 is 1.29 bits per heavy atom. The fraction of sp³-hybridized carbons (Fsp3) is 0.571. The Morgan fingerprint density at radius 3 is 2.86 bits per heavy atom. The van der Waals surface area contributed by atoms with Crippen molar-refractivity contribution in [1.29, 1.82) is 0 Å². The van der Waals surface area contributed by atoms with Crippen molar-refractivity contribution < 1.29 is 8.42 Å². The summed E-state index contributed by atoms with van der Waals surface area (Å²) in [7, 11) is -3.59. The average Bonchev–Trinajstić information content (AvgIpc) is 2.85. The van der Waals surface area contributed by atoms with Gasteiger partial charge in [0.2, 0.25) is 10.0 Å². The van der Waals surface area contributed by atoms with Crippen LogP contribution in [-0.2, 0) is 10.0 Å². The Bertz CT molecular complexity index is 635.